The van der Waals surface area contributed by atoms with Crippen molar-refractivity contribution in [3.8, 4) is 0 Å². The van der Waals surface area contributed by atoms with Crippen molar-refractivity contribution in [1.29, 1.82) is 0 Å². The Bertz CT molecular complexity index is 442. The first-order valence-corrected chi connectivity index (χ1v) is 8.77. The highest BCUT2D eigenvalue weighted by atomic mass is 16.4. The maximum Gasteiger partial charge on any atom is 0.289 e. The van der Waals surface area contributed by atoms with Crippen LogP contribution < -0.4 is 0 Å². The molecule has 0 aliphatic heterocycles. The average molecular weight is 322 g/mol. The van der Waals surface area contributed by atoms with Gasteiger partial charge >= 0.3 is 0 Å². The molecule has 1 rings (SSSR count). The third-order valence-corrected chi connectivity index (χ3v) is 3.58. The molecule has 0 spiro atoms. The monoisotopic (exact) mass is 322 g/mol. The Morgan fingerprint density at radius 2 is 1.04 bits per heavy atom. The molecule has 2 amide bonds. The normalized spacial score (nSPS) is 10.6. The Kier molecular flexibility index (Phi) is 8.45. The summed E-state index contributed by atoms with van der Waals surface area (Å²) in [7, 11) is 0. The highest BCUT2D eigenvalue weighted by Crippen LogP contribution is 2.14. The van der Waals surface area contributed by atoms with Crippen LogP contribution in [0.25, 0.3) is 0 Å². The number of carbonyl (C=O) groups excluding carboxylic acids is 2. The highest BCUT2D eigenvalue weighted by molar-refractivity contribution is 5.95. The van der Waals surface area contributed by atoms with Crippen LogP contribution in [0.15, 0.2) is 16.5 Å². The van der Waals surface area contributed by atoms with E-state index in [0.717, 1.165) is 25.7 Å². The molecule has 0 unspecified atom stereocenters. The van der Waals surface area contributed by atoms with E-state index in [1.807, 2.05) is 27.7 Å². The van der Waals surface area contributed by atoms with Crippen LogP contribution in [0.5, 0.6) is 0 Å². The lowest BCUT2D eigenvalue weighted by Gasteiger charge is -2.21. The average Bonchev–Trinajstić information content (AvgIpc) is 3.03. The first-order valence-electron chi connectivity index (χ1n) is 8.77. The van der Waals surface area contributed by atoms with Gasteiger partial charge in [0.15, 0.2) is 11.5 Å². The van der Waals surface area contributed by atoms with Gasteiger partial charge in [0.1, 0.15) is 0 Å². The zero-order valence-corrected chi connectivity index (χ0v) is 14.9. The molecule has 0 atom stereocenters. The van der Waals surface area contributed by atoms with Crippen molar-refractivity contribution in [2.24, 2.45) is 0 Å². The number of hydrogen-bond donors (Lipinski definition) is 0. The number of hydrogen-bond acceptors (Lipinski definition) is 3. The van der Waals surface area contributed by atoms with Crippen LogP contribution in [0.3, 0.4) is 0 Å². The van der Waals surface area contributed by atoms with Crippen LogP contribution >= 0.6 is 0 Å². The zero-order chi connectivity index (χ0) is 17.2. The van der Waals surface area contributed by atoms with Crippen LogP contribution in [0.4, 0.5) is 0 Å². The Morgan fingerprint density at radius 1 is 0.739 bits per heavy atom. The molecule has 0 saturated heterocycles. The molecule has 1 aromatic heterocycles. The van der Waals surface area contributed by atoms with Gasteiger partial charge in [0.25, 0.3) is 11.8 Å². The number of amides is 2. The lowest BCUT2D eigenvalue weighted by atomic mass is 10.3. The Labute approximate surface area is 139 Å². The molecular formula is C18H30N2O3. The van der Waals surface area contributed by atoms with E-state index < -0.39 is 0 Å². The molecule has 0 aliphatic carbocycles. The molecule has 5 nitrogen and oxygen atoms in total. The van der Waals surface area contributed by atoms with Gasteiger partial charge in [-0.15, -0.1) is 0 Å². The summed E-state index contributed by atoms with van der Waals surface area (Å²) in [6, 6.07) is 3.23. The van der Waals surface area contributed by atoms with E-state index in [1.54, 1.807) is 21.9 Å². The fourth-order valence-corrected chi connectivity index (χ4v) is 2.59. The predicted molar refractivity (Wildman–Crippen MR) is 91.7 cm³/mol. The van der Waals surface area contributed by atoms with E-state index in [1.165, 1.54) is 0 Å². The van der Waals surface area contributed by atoms with E-state index >= 15 is 0 Å². The molecule has 130 valence electrons. The third-order valence-electron chi connectivity index (χ3n) is 3.58. The molecule has 5 heteroatoms. The van der Waals surface area contributed by atoms with Crippen molar-refractivity contribution >= 4 is 11.8 Å². The fraction of sp³-hybridized carbons (Fsp3) is 0.667. The molecule has 0 saturated carbocycles. The summed E-state index contributed by atoms with van der Waals surface area (Å²) in [5, 5.41) is 0. The quantitative estimate of drug-likeness (QED) is 0.658. The molecule has 0 radical (unpaired) electrons. The second-order valence-electron chi connectivity index (χ2n) is 5.75. The maximum absolute atomic E-state index is 12.5. The number of nitrogens with zero attached hydrogens (tertiary/aromatic N) is 2. The minimum Gasteiger partial charge on any atom is -0.446 e. The summed E-state index contributed by atoms with van der Waals surface area (Å²) >= 11 is 0. The van der Waals surface area contributed by atoms with Gasteiger partial charge in [0, 0.05) is 26.2 Å². The van der Waals surface area contributed by atoms with Gasteiger partial charge in [0.2, 0.25) is 0 Å². The molecule has 1 aromatic rings. The SMILES string of the molecule is CCCN(CCC)C(=O)c1ccc(C(=O)N(CCC)CCC)o1. The van der Waals surface area contributed by atoms with Gasteiger partial charge in [-0.05, 0) is 37.8 Å². The molecule has 0 N–H and O–H groups in total. The van der Waals surface area contributed by atoms with Gasteiger partial charge in [0.05, 0.1) is 0 Å². The van der Waals surface area contributed by atoms with Crippen molar-refractivity contribution in [3.05, 3.63) is 23.7 Å². The van der Waals surface area contributed by atoms with E-state index in [-0.39, 0.29) is 23.3 Å². The molecule has 0 bridgehead atoms. The Morgan fingerprint density at radius 3 is 1.30 bits per heavy atom. The van der Waals surface area contributed by atoms with Crippen molar-refractivity contribution in [2.45, 2.75) is 53.4 Å². The lowest BCUT2D eigenvalue weighted by molar-refractivity contribution is 0.0692. The third kappa shape index (κ3) is 5.41. The first-order chi connectivity index (χ1) is 11.1. The van der Waals surface area contributed by atoms with Gasteiger partial charge in [-0.1, -0.05) is 27.7 Å². The summed E-state index contributed by atoms with van der Waals surface area (Å²) in [5.41, 5.74) is 0. The van der Waals surface area contributed by atoms with Crippen molar-refractivity contribution in [2.75, 3.05) is 26.2 Å². The highest BCUT2D eigenvalue weighted by Gasteiger charge is 2.22. The minimum atomic E-state index is -0.134. The summed E-state index contributed by atoms with van der Waals surface area (Å²) in [4.78, 5) is 28.5. The molecule has 0 fully saturated rings. The number of carbonyl (C=O) groups is 2. The van der Waals surface area contributed by atoms with Crippen molar-refractivity contribution in [1.82, 2.24) is 9.80 Å². The van der Waals surface area contributed by atoms with Gasteiger partial charge < -0.3 is 14.2 Å². The second kappa shape index (κ2) is 10.1. The number of rotatable bonds is 10. The van der Waals surface area contributed by atoms with Crippen molar-refractivity contribution < 1.29 is 14.0 Å². The van der Waals surface area contributed by atoms with Crippen LogP contribution in [-0.4, -0.2) is 47.8 Å². The lowest BCUT2D eigenvalue weighted by Crippen LogP contribution is -2.33. The molecular weight excluding hydrogens is 292 g/mol. The summed E-state index contributed by atoms with van der Waals surface area (Å²) in [6.07, 6.45) is 3.61. The topological polar surface area (TPSA) is 53.8 Å². The van der Waals surface area contributed by atoms with E-state index in [0.29, 0.717) is 26.2 Å². The van der Waals surface area contributed by atoms with E-state index in [9.17, 15) is 9.59 Å². The van der Waals surface area contributed by atoms with Gasteiger partial charge in [-0.2, -0.15) is 0 Å². The van der Waals surface area contributed by atoms with Gasteiger partial charge in [-0.25, -0.2) is 0 Å². The minimum absolute atomic E-state index is 0.134. The largest absolute Gasteiger partial charge is 0.446 e. The molecule has 23 heavy (non-hydrogen) atoms. The van der Waals surface area contributed by atoms with E-state index in [4.69, 9.17) is 4.42 Å². The summed E-state index contributed by atoms with van der Waals surface area (Å²) in [5.74, 6) is 0.238. The Balaban J connectivity index is 2.86. The van der Waals surface area contributed by atoms with Gasteiger partial charge in [-0.3, -0.25) is 9.59 Å². The van der Waals surface area contributed by atoms with Crippen LogP contribution in [-0.2, 0) is 0 Å². The van der Waals surface area contributed by atoms with E-state index in [2.05, 4.69) is 0 Å². The van der Waals surface area contributed by atoms with Crippen molar-refractivity contribution in [3.63, 3.8) is 0 Å². The van der Waals surface area contributed by atoms with Crippen LogP contribution in [0.1, 0.15) is 74.5 Å². The maximum atomic E-state index is 12.5. The predicted octanol–water partition coefficient (Wildman–Crippen LogP) is 3.80. The number of furan rings is 1. The van der Waals surface area contributed by atoms with Crippen LogP contribution in [0.2, 0.25) is 0 Å². The molecule has 1 heterocycles. The summed E-state index contributed by atoms with van der Waals surface area (Å²) < 4.78 is 5.57. The fourth-order valence-electron chi connectivity index (χ4n) is 2.59. The Hall–Kier alpha value is -1.78. The second-order valence-corrected chi connectivity index (χ2v) is 5.75. The first kappa shape index (κ1) is 19.3. The zero-order valence-electron chi connectivity index (χ0n) is 14.9. The molecule has 0 aromatic carbocycles. The molecule has 0 aliphatic rings. The smallest absolute Gasteiger partial charge is 0.289 e. The standard InChI is InChI=1S/C18H30N2O3/c1-5-11-19(12-6-2)17(21)15-9-10-16(23-15)18(22)20(13-7-3)14-8-4/h9-10H,5-8,11-14H2,1-4H3. The summed E-state index contributed by atoms with van der Waals surface area (Å²) in [6.45, 7) is 11.0. The van der Waals surface area contributed by atoms with Crippen LogP contribution in [0, 0.1) is 0 Å².